The lowest BCUT2D eigenvalue weighted by Gasteiger charge is -2.18. The minimum atomic E-state index is -0.681. The minimum Gasteiger partial charge on any atom is -0.465 e. The van der Waals surface area contributed by atoms with Crippen LogP contribution in [-0.4, -0.2) is 30.8 Å². The number of thiophene rings is 1. The Bertz CT molecular complexity index is 2110. The fraction of sp³-hybridized carbons (Fsp3) is 0.209. The lowest BCUT2D eigenvalue weighted by atomic mass is 9.96. The zero-order valence-electron chi connectivity index (χ0n) is 29.6. The summed E-state index contributed by atoms with van der Waals surface area (Å²) in [6, 6.07) is 33.0. The van der Waals surface area contributed by atoms with Crippen LogP contribution in [0.5, 0.6) is 0 Å². The van der Waals surface area contributed by atoms with Gasteiger partial charge in [0.05, 0.1) is 12.7 Å². The fourth-order valence-electron chi connectivity index (χ4n) is 6.16. The van der Waals surface area contributed by atoms with E-state index in [1.807, 2.05) is 73.7 Å². The lowest BCUT2D eigenvalue weighted by molar-refractivity contribution is -0.116. The minimum absolute atomic E-state index is 0.0776. The summed E-state index contributed by atoms with van der Waals surface area (Å²) in [7, 11) is 1.37. The Morgan fingerprint density at radius 3 is 2.21 bits per heavy atom. The summed E-state index contributed by atoms with van der Waals surface area (Å²) in [5.41, 5.74) is 5.04. The molecule has 3 N–H and O–H groups in total. The molecule has 0 saturated heterocycles. The fourth-order valence-corrected chi connectivity index (χ4v) is 8.52. The molecule has 1 aliphatic rings. The number of methoxy groups -OCH3 is 1. The predicted octanol–water partition coefficient (Wildman–Crippen LogP) is 9.38. The van der Waals surface area contributed by atoms with Gasteiger partial charge in [-0.15, -0.1) is 23.1 Å². The highest BCUT2D eigenvalue weighted by atomic mass is 32.2. The molecule has 4 aromatic carbocycles. The molecule has 1 heterocycles. The van der Waals surface area contributed by atoms with E-state index in [4.69, 9.17) is 4.74 Å². The number of amides is 3. The molecule has 0 bridgehead atoms. The molecule has 0 radical (unpaired) electrons. The molecule has 270 valence electrons. The van der Waals surface area contributed by atoms with E-state index in [2.05, 4.69) is 16.0 Å². The Morgan fingerprint density at radius 2 is 1.49 bits per heavy atom. The third kappa shape index (κ3) is 9.71. The van der Waals surface area contributed by atoms with Crippen LogP contribution in [0.2, 0.25) is 0 Å². The Hall–Kier alpha value is -5.45. The van der Waals surface area contributed by atoms with Crippen LogP contribution in [0.1, 0.15) is 78.8 Å². The van der Waals surface area contributed by atoms with E-state index in [9.17, 15) is 19.2 Å². The van der Waals surface area contributed by atoms with Crippen molar-refractivity contribution < 1.29 is 23.9 Å². The van der Waals surface area contributed by atoms with Crippen molar-refractivity contribution in [3.05, 3.63) is 153 Å². The lowest BCUT2D eigenvalue weighted by Crippen LogP contribution is -2.30. The molecule has 1 atom stereocenters. The van der Waals surface area contributed by atoms with Crippen molar-refractivity contribution in [1.82, 2.24) is 5.32 Å². The highest BCUT2D eigenvalue weighted by Crippen LogP contribution is 2.41. The molecule has 6 rings (SSSR count). The van der Waals surface area contributed by atoms with E-state index >= 15 is 0 Å². The Morgan fingerprint density at radius 1 is 0.792 bits per heavy atom. The van der Waals surface area contributed by atoms with Crippen molar-refractivity contribution in [2.24, 2.45) is 0 Å². The standard InChI is InChI=1S/C43H41N3O5S2/c1-28-22-24-29(25-23-28)26-35(45-39(47)31-16-9-6-10-17-31)40(48)44-32-18-13-19-33(27-32)52-38(30-14-7-5-8-15-30)41(49)46-42-37(43(50)51-2)34-20-11-3-4-12-21-36(34)53-42/h5-10,13-19,22-27,38H,3-4,11-12,20-21H2,1-2H3,(H,44,48)(H,45,47)(H,46,49)/b35-26+. The summed E-state index contributed by atoms with van der Waals surface area (Å²) < 4.78 is 5.19. The topological polar surface area (TPSA) is 114 Å². The van der Waals surface area contributed by atoms with E-state index in [1.165, 1.54) is 30.2 Å². The van der Waals surface area contributed by atoms with Crippen molar-refractivity contribution in [3.63, 3.8) is 0 Å². The summed E-state index contributed by atoms with van der Waals surface area (Å²) in [6.07, 6.45) is 7.56. The number of aryl methyl sites for hydroxylation is 2. The number of hydrogen-bond donors (Lipinski definition) is 3. The number of thioether (sulfide) groups is 1. The summed E-state index contributed by atoms with van der Waals surface area (Å²) in [4.78, 5) is 56.0. The van der Waals surface area contributed by atoms with E-state index < -0.39 is 23.0 Å². The summed E-state index contributed by atoms with van der Waals surface area (Å²) in [5.74, 6) is -1.63. The van der Waals surface area contributed by atoms with Gasteiger partial charge in [-0.25, -0.2) is 4.79 Å². The van der Waals surface area contributed by atoms with Gasteiger partial charge in [0.15, 0.2) is 0 Å². The molecule has 0 fully saturated rings. The van der Waals surface area contributed by atoms with Crippen molar-refractivity contribution in [3.8, 4) is 0 Å². The van der Waals surface area contributed by atoms with Gasteiger partial charge in [-0.05, 0) is 85.7 Å². The summed E-state index contributed by atoms with van der Waals surface area (Å²) in [6.45, 7) is 1.98. The number of esters is 1. The third-order valence-corrected chi connectivity index (χ3v) is 11.4. The largest absolute Gasteiger partial charge is 0.465 e. The van der Waals surface area contributed by atoms with Crippen molar-refractivity contribution >= 4 is 63.6 Å². The number of carbonyl (C=O) groups is 4. The number of ether oxygens (including phenoxy) is 1. The second-order valence-electron chi connectivity index (χ2n) is 12.8. The maximum absolute atomic E-state index is 14.2. The highest BCUT2D eigenvalue weighted by molar-refractivity contribution is 8.00. The van der Waals surface area contributed by atoms with Crippen LogP contribution in [0.15, 0.2) is 120 Å². The number of rotatable bonds is 11. The predicted molar refractivity (Wildman–Crippen MR) is 213 cm³/mol. The van der Waals surface area contributed by atoms with Crippen LogP contribution in [0.3, 0.4) is 0 Å². The van der Waals surface area contributed by atoms with E-state index in [-0.39, 0.29) is 11.6 Å². The average molecular weight is 744 g/mol. The molecule has 53 heavy (non-hydrogen) atoms. The molecule has 1 aliphatic carbocycles. The smallest absolute Gasteiger partial charge is 0.341 e. The number of carbonyl (C=O) groups excluding carboxylic acids is 4. The molecule has 10 heteroatoms. The van der Waals surface area contributed by atoms with Gasteiger partial charge in [0, 0.05) is 21.0 Å². The van der Waals surface area contributed by atoms with Gasteiger partial charge in [-0.1, -0.05) is 97.3 Å². The highest BCUT2D eigenvalue weighted by Gasteiger charge is 2.29. The van der Waals surface area contributed by atoms with E-state index in [0.29, 0.717) is 21.8 Å². The van der Waals surface area contributed by atoms with Crippen LogP contribution in [0.4, 0.5) is 10.7 Å². The Balaban J connectivity index is 1.25. The number of anilines is 2. The van der Waals surface area contributed by atoms with Gasteiger partial charge in [0.2, 0.25) is 5.91 Å². The van der Waals surface area contributed by atoms with Crippen molar-refractivity contribution in [2.45, 2.75) is 55.6 Å². The molecule has 1 unspecified atom stereocenters. The first-order valence-corrected chi connectivity index (χ1v) is 19.3. The van der Waals surface area contributed by atoms with Gasteiger partial charge >= 0.3 is 5.97 Å². The SMILES string of the molecule is COC(=O)c1c(NC(=O)C(Sc2cccc(NC(=O)/C(=C\c3ccc(C)cc3)NC(=O)c3ccccc3)c2)c2ccccc2)sc2c1CCCCCC2. The second-order valence-corrected chi connectivity index (χ2v) is 15.1. The van der Waals surface area contributed by atoms with Gasteiger partial charge in [0.25, 0.3) is 11.8 Å². The molecule has 8 nitrogen and oxygen atoms in total. The van der Waals surface area contributed by atoms with Gasteiger partial charge in [-0.3, -0.25) is 14.4 Å². The Kier molecular flexibility index (Phi) is 12.6. The molecule has 1 aromatic heterocycles. The van der Waals surface area contributed by atoms with Crippen molar-refractivity contribution in [2.75, 3.05) is 17.7 Å². The molecular weight excluding hydrogens is 703 g/mol. The quantitative estimate of drug-likeness (QED) is 0.0706. The average Bonchev–Trinajstić information content (AvgIpc) is 3.49. The maximum Gasteiger partial charge on any atom is 0.341 e. The summed E-state index contributed by atoms with van der Waals surface area (Å²) in [5, 5.41) is 8.65. The Labute approximate surface area is 318 Å². The van der Waals surface area contributed by atoms with Crippen LogP contribution < -0.4 is 16.0 Å². The molecule has 3 amide bonds. The molecule has 0 saturated carbocycles. The molecular formula is C43H41N3O5S2. The van der Waals surface area contributed by atoms with Crippen molar-refractivity contribution in [1.29, 1.82) is 0 Å². The first kappa shape index (κ1) is 37.3. The molecule has 5 aromatic rings. The van der Waals surface area contributed by atoms with Crippen LogP contribution in [-0.2, 0) is 27.2 Å². The zero-order chi connectivity index (χ0) is 37.2. The normalized spacial score (nSPS) is 13.4. The number of hydrogen-bond acceptors (Lipinski definition) is 7. The summed E-state index contributed by atoms with van der Waals surface area (Å²) >= 11 is 2.80. The van der Waals surface area contributed by atoms with Crippen LogP contribution in [0, 0.1) is 6.92 Å². The first-order valence-electron chi connectivity index (χ1n) is 17.6. The van der Waals surface area contributed by atoms with Gasteiger partial charge in [-0.2, -0.15) is 0 Å². The molecule has 0 spiro atoms. The first-order chi connectivity index (χ1) is 25.8. The van der Waals surface area contributed by atoms with Crippen LogP contribution >= 0.6 is 23.1 Å². The maximum atomic E-state index is 14.2. The number of nitrogens with one attached hydrogen (secondary N) is 3. The third-order valence-electron chi connectivity index (χ3n) is 8.90. The monoisotopic (exact) mass is 743 g/mol. The van der Waals surface area contributed by atoms with E-state index in [1.54, 1.807) is 48.5 Å². The van der Waals surface area contributed by atoms with Gasteiger partial charge < -0.3 is 20.7 Å². The number of fused-ring (bicyclic) bond motifs is 1. The van der Waals surface area contributed by atoms with Crippen LogP contribution in [0.25, 0.3) is 6.08 Å². The second kappa shape index (κ2) is 17.9. The molecule has 0 aliphatic heterocycles. The number of benzene rings is 4. The zero-order valence-corrected chi connectivity index (χ0v) is 31.3. The van der Waals surface area contributed by atoms with Gasteiger partial charge in [0.1, 0.15) is 15.9 Å². The van der Waals surface area contributed by atoms with E-state index in [0.717, 1.165) is 70.6 Å².